The van der Waals surface area contributed by atoms with Crippen molar-refractivity contribution in [2.24, 2.45) is 10.2 Å². The van der Waals surface area contributed by atoms with E-state index in [0.717, 1.165) is 33.7 Å². The van der Waals surface area contributed by atoms with Crippen LogP contribution in [-0.4, -0.2) is 18.6 Å². The topological polar surface area (TPSA) is 40.9 Å². The summed E-state index contributed by atoms with van der Waals surface area (Å²) in [5.74, 6) is 0. The molecule has 124 valence electrons. The van der Waals surface area contributed by atoms with E-state index in [1.807, 2.05) is 32.2 Å². The monoisotopic (exact) mass is 358 g/mol. The number of azo groups is 1. The number of nitrogens with zero attached hydrogens (tertiary/aromatic N) is 4. The fraction of sp³-hybridized carbons (Fsp3) is 0.278. The molecule has 0 N–H and O–H groups in total. The quantitative estimate of drug-likeness (QED) is 0.503. The van der Waals surface area contributed by atoms with Crippen LogP contribution in [0, 0.1) is 13.8 Å². The molecule has 0 spiro atoms. The fourth-order valence-electron chi connectivity index (χ4n) is 2.39. The Balaban J connectivity index is 1.91. The molecule has 1 aromatic heterocycles. The van der Waals surface area contributed by atoms with Gasteiger partial charge in [0.05, 0.1) is 26.6 Å². The molecule has 0 bridgehead atoms. The average Bonchev–Trinajstić information content (AvgIpc) is 2.96. The Morgan fingerprint density at radius 1 is 1.17 bits per heavy atom. The lowest BCUT2D eigenvalue weighted by atomic mass is 10.1. The maximum absolute atomic E-state index is 6.38. The highest BCUT2D eigenvalue weighted by Crippen LogP contribution is 2.35. The van der Waals surface area contributed by atoms with Gasteiger partial charge in [0.2, 0.25) is 5.13 Å². The summed E-state index contributed by atoms with van der Waals surface area (Å²) in [6.45, 7) is 7.07. The number of thiazole rings is 1. The van der Waals surface area contributed by atoms with Crippen LogP contribution in [0.5, 0.6) is 0 Å². The second-order valence-electron chi connectivity index (χ2n) is 5.77. The molecule has 4 nitrogen and oxygen atoms in total. The Labute approximate surface area is 150 Å². The van der Waals surface area contributed by atoms with Crippen LogP contribution in [0.1, 0.15) is 18.1 Å². The molecule has 0 saturated carbocycles. The van der Waals surface area contributed by atoms with Crippen LogP contribution in [-0.2, 0) is 0 Å². The predicted octanol–water partition coefficient (Wildman–Crippen LogP) is 6.44. The Bertz CT molecular complexity index is 917. The van der Waals surface area contributed by atoms with Gasteiger partial charge in [0.25, 0.3) is 0 Å². The van der Waals surface area contributed by atoms with Crippen molar-refractivity contribution in [2.45, 2.75) is 20.8 Å². The standard InChI is InChI=1S/C18H19ClN4S/c1-5-23(4)16-9-12(3)15(10-13(16)19)21-22-18-20-14-7-6-11(2)8-17(14)24-18/h6-10H,5H2,1-4H3. The second kappa shape index (κ2) is 6.87. The Kier molecular flexibility index (Phi) is 4.83. The van der Waals surface area contributed by atoms with Crippen LogP contribution in [0.3, 0.4) is 0 Å². The minimum atomic E-state index is 0.654. The summed E-state index contributed by atoms with van der Waals surface area (Å²) in [6, 6.07) is 10.1. The number of aromatic nitrogens is 1. The van der Waals surface area contributed by atoms with Gasteiger partial charge in [0.15, 0.2) is 0 Å². The maximum atomic E-state index is 6.38. The van der Waals surface area contributed by atoms with Crippen molar-refractivity contribution in [1.29, 1.82) is 0 Å². The van der Waals surface area contributed by atoms with E-state index in [-0.39, 0.29) is 0 Å². The summed E-state index contributed by atoms with van der Waals surface area (Å²) in [7, 11) is 2.02. The van der Waals surface area contributed by atoms with Crippen LogP contribution in [0.4, 0.5) is 16.5 Å². The molecular weight excluding hydrogens is 340 g/mol. The van der Waals surface area contributed by atoms with Gasteiger partial charge in [-0.25, -0.2) is 4.98 Å². The van der Waals surface area contributed by atoms with Crippen molar-refractivity contribution < 1.29 is 0 Å². The van der Waals surface area contributed by atoms with E-state index in [0.29, 0.717) is 10.2 Å². The number of rotatable bonds is 4. The number of benzene rings is 2. The van der Waals surface area contributed by atoms with E-state index in [1.165, 1.54) is 16.9 Å². The number of hydrogen-bond donors (Lipinski definition) is 0. The lowest BCUT2D eigenvalue weighted by molar-refractivity contribution is 0.966. The zero-order valence-electron chi connectivity index (χ0n) is 14.2. The van der Waals surface area contributed by atoms with Crippen LogP contribution < -0.4 is 4.90 Å². The van der Waals surface area contributed by atoms with Gasteiger partial charge < -0.3 is 4.90 Å². The summed E-state index contributed by atoms with van der Waals surface area (Å²) in [5, 5.41) is 9.98. The molecule has 1 heterocycles. The van der Waals surface area contributed by atoms with Gasteiger partial charge in [-0.05, 0) is 56.2 Å². The van der Waals surface area contributed by atoms with E-state index in [1.54, 1.807) is 0 Å². The molecule has 2 aromatic carbocycles. The molecular formula is C18H19ClN4S. The molecule has 24 heavy (non-hydrogen) atoms. The zero-order valence-corrected chi connectivity index (χ0v) is 15.7. The van der Waals surface area contributed by atoms with Crippen molar-refractivity contribution >= 4 is 49.7 Å². The van der Waals surface area contributed by atoms with Crippen molar-refractivity contribution in [3.05, 3.63) is 46.5 Å². The van der Waals surface area contributed by atoms with Gasteiger partial charge >= 0.3 is 0 Å². The number of fused-ring (bicyclic) bond motifs is 1. The van der Waals surface area contributed by atoms with Crippen LogP contribution >= 0.6 is 22.9 Å². The first-order chi connectivity index (χ1) is 11.5. The summed E-state index contributed by atoms with van der Waals surface area (Å²) in [4.78, 5) is 6.60. The van der Waals surface area contributed by atoms with E-state index in [2.05, 4.69) is 46.1 Å². The molecule has 0 unspecified atom stereocenters. The molecule has 0 aliphatic rings. The highest BCUT2D eigenvalue weighted by Gasteiger charge is 2.09. The van der Waals surface area contributed by atoms with Crippen molar-refractivity contribution in [3.63, 3.8) is 0 Å². The zero-order chi connectivity index (χ0) is 17.3. The largest absolute Gasteiger partial charge is 0.374 e. The molecule has 6 heteroatoms. The second-order valence-corrected chi connectivity index (χ2v) is 7.19. The lowest BCUT2D eigenvalue weighted by Gasteiger charge is -2.19. The van der Waals surface area contributed by atoms with Gasteiger partial charge in [0, 0.05) is 13.6 Å². The van der Waals surface area contributed by atoms with Gasteiger partial charge in [-0.2, -0.15) is 0 Å². The Morgan fingerprint density at radius 3 is 2.71 bits per heavy atom. The van der Waals surface area contributed by atoms with Crippen molar-refractivity contribution in [1.82, 2.24) is 4.98 Å². The normalized spacial score (nSPS) is 11.5. The molecule has 0 aliphatic carbocycles. The third-order valence-corrected chi connectivity index (χ3v) is 5.13. The molecule has 0 saturated heterocycles. The van der Waals surface area contributed by atoms with Gasteiger partial charge in [-0.3, -0.25) is 0 Å². The summed E-state index contributed by atoms with van der Waals surface area (Å²) in [6.07, 6.45) is 0. The molecule has 3 rings (SSSR count). The fourth-order valence-corrected chi connectivity index (χ4v) is 3.57. The molecule has 0 atom stereocenters. The first-order valence-corrected chi connectivity index (χ1v) is 8.97. The number of anilines is 1. The summed E-state index contributed by atoms with van der Waals surface area (Å²) < 4.78 is 1.12. The predicted molar refractivity (Wildman–Crippen MR) is 104 cm³/mol. The molecule has 0 fully saturated rings. The SMILES string of the molecule is CCN(C)c1cc(C)c(N=Nc2nc3ccc(C)cc3s2)cc1Cl. The summed E-state index contributed by atoms with van der Waals surface area (Å²) >= 11 is 7.92. The summed E-state index contributed by atoms with van der Waals surface area (Å²) in [5.41, 5.74) is 4.98. The van der Waals surface area contributed by atoms with Crippen molar-refractivity contribution in [3.8, 4) is 0 Å². The first-order valence-electron chi connectivity index (χ1n) is 7.78. The van der Waals surface area contributed by atoms with E-state index in [4.69, 9.17) is 11.6 Å². The minimum absolute atomic E-state index is 0.654. The highest BCUT2D eigenvalue weighted by molar-refractivity contribution is 7.21. The average molecular weight is 359 g/mol. The Hall–Kier alpha value is -1.98. The maximum Gasteiger partial charge on any atom is 0.231 e. The molecule has 0 amide bonds. The van der Waals surface area contributed by atoms with Crippen LogP contribution in [0.2, 0.25) is 5.02 Å². The molecule has 3 aromatic rings. The number of halogens is 1. The minimum Gasteiger partial charge on any atom is -0.374 e. The van der Waals surface area contributed by atoms with Gasteiger partial charge in [-0.1, -0.05) is 29.0 Å². The first kappa shape index (κ1) is 16.9. The number of aryl methyl sites for hydroxylation is 2. The third-order valence-electron chi connectivity index (χ3n) is 3.93. The van der Waals surface area contributed by atoms with Gasteiger partial charge in [0.1, 0.15) is 0 Å². The Morgan fingerprint density at radius 2 is 1.96 bits per heavy atom. The number of hydrogen-bond acceptors (Lipinski definition) is 5. The molecule has 0 aliphatic heterocycles. The lowest BCUT2D eigenvalue weighted by Crippen LogP contribution is -2.16. The van der Waals surface area contributed by atoms with E-state index in [9.17, 15) is 0 Å². The van der Waals surface area contributed by atoms with E-state index >= 15 is 0 Å². The molecule has 0 radical (unpaired) electrons. The van der Waals surface area contributed by atoms with Crippen LogP contribution in [0.25, 0.3) is 10.2 Å². The van der Waals surface area contributed by atoms with Gasteiger partial charge in [-0.15, -0.1) is 10.2 Å². The smallest absolute Gasteiger partial charge is 0.231 e. The third kappa shape index (κ3) is 3.42. The van der Waals surface area contributed by atoms with Crippen LogP contribution in [0.15, 0.2) is 40.6 Å². The highest BCUT2D eigenvalue weighted by atomic mass is 35.5. The van der Waals surface area contributed by atoms with Crippen molar-refractivity contribution in [2.75, 3.05) is 18.5 Å². The van der Waals surface area contributed by atoms with E-state index < -0.39 is 0 Å².